The second-order valence-electron chi connectivity index (χ2n) is 3.70. The molecule has 1 aliphatic heterocycles. The van der Waals surface area contributed by atoms with Gasteiger partial charge in [0.05, 0.1) is 10.2 Å². The molecule has 1 aromatic carbocycles. The van der Waals surface area contributed by atoms with Crippen LogP contribution in [0.4, 0.5) is 0 Å². The van der Waals surface area contributed by atoms with Gasteiger partial charge in [0.15, 0.2) is 0 Å². The van der Waals surface area contributed by atoms with Crippen molar-refractivity contribution >= 4 is 39.3 Å². The predicted octanol–water partition coefficient (Wildman–Crippen LogP) is 2.26. The molecule has 1 atom stereocenters. The third-order valence-electron chi connectivity index (χ3n) is 2.45. The number of phenolic OH excluding ortho intramolecular Hbond substituents is 1. The zero-order valence-electron chi connectivity index (χ0n) is 8.95. The first-order valence-electron chi connectivity index (χ1n) is 5.08. The number of hydrogen-bond acceptors (Lipinski definition) is 6. The van der Waals surface area contributed by atoms with Crippen LogP contribution in [0.2, 0.25) is 0 Å². The van der Waals surface area contributed by atoms with E-state index in [9.17, 15) is 9.90 Å². The van der Waals surface area contributed by atoms with Gasteiger partial charge in [-0.1, -0.05) is 11.8 Å². The molecule has 0 fully saturated rings. The molecule has 1 aliphatic rings. The molecule has 0 saturated carbocycles. The summed E-state index contributed by atoms with van der Waals surface area (Å²) in [6.07, 6.45) is 0. The van der Waals surface area contributed by atoms with Crippen molar-refractivity contribution in [3.05, 3.63) is 34.3 Å². The van der Waals surface area contributed by atoms with Gasteiger partial charge in [-0.3, -0.25) is 0 Å². The number of aliphatic carboxylic acids is 1. The van der Waals surface area contributed by atoms with E-state index in [0.29, 0.717) is 0 Å². The van der Waals surface area contributed by atoms with Crippen molar-refractivity contribution in [1.29, 1.82) is 0 Å². The van der Waals surface area contributed by atoms with E-state index in [1.54, 1.807) is 23.6 Å². The number of thioether (sulfide) groups is 1. The second-order valence-corrected chi connectivity index (χ2v) is 5.74. The summed E-state index contributed by atoms with van der Waals surface area (Å²) in [7, 11) is 0. The quantitative estimate of drug-likeness (QED) is 0.782. The largest absolute Gasteiger partial charge is 0.508 e. The molecule has 0 bridgehead atoms. The summed E-state index contributed by atoms with van der Waals surface area (Å²) >= 11 is 2.82. The van der Waals surface area contributed by atoms with Gasteiger partial charge in [0, 0.05) is 5.41 Å². The number of rotatable bonds is 2. The van der Waals surface area contributed by atoms with Crippen molar-refractivity contribution in [1.82, 2.24) is 10.3 Å². The smallest absolute Gasteiger partial charge is 0.352 e. The Bertz CT molecular complexity index is 665. The molecule has 0 radical (unpaired) electrons. The van der Waals surface area contributed by atoms with E-state index in [1.807, 2.05) is 0 Å². The third-order valence-corrected chi connectivity index (χ3v) is 4.67. The number of fused-ring (bicyclic) bond motifs is 1. The zero-order valence-corrected chi connectivity index (χ0v) is 10.6. The lowest BCUT2D eigenvalue weighted by Crippen LogP contribution is -2.18. The highest BCUT2D eigenvalue weighted by atomic mass is 32.2. The second kappa shape index (κ2) is 4.18. The molecular formula is C11H8N2O3S2. The first-order valence-corrected chi connectivity index (χ1v) is 6.84. The van der Waals surface area contributed by atoms with E-state index in [2.05, 4.69) is 10.3 Å². The number of carboxylic acids is 1. The van der Waals surface area contributed by atoms with E-state index in [4.69, 9.17) is 5.11 Å². The van der Waals surface area contributed by atoms with Gasteiger partial charge in [0.25, 0.3) is 0 Å². The van der Waals surface area contributed by atoms with Crippen LogP contribution in [0.5, 0.6) is 5.75 Å². The van der Waals surface area contributed by atoms with Crippen molar-refractivity contribution in [2.75, 3.05) is 0 Å². The highest BCUT2D eigenvalue weighted by Crippen LogP contribution is 2.38. The Morgan fingerprint density at radius 2 is 2.28 bits per heavy atom. The predicted molar refractivity (Wildman–Crippen MR) is 70.5 cm³/mol. The normalized spacial score (nSPS) is 18.7. The average molecular weight is 280 g/mol. The lowest BCUT2D eigenvalue weighted by atomic mass is 10.3. The number of aromatic nitrogens is 1. The Morgan fingerprint density at radius 3 is 3.00 bits per heavy atom. The standard InChI is InChI=1S/C11H8N2O3S2/c14-5-1-2-6-8(3-5)18-10(12-6)9-13-7(4-17-9)11(15)16/h1-4,9,13-14H,(H,15,16). The number of nitrogens with zero attached hydrogens (tertiary/aromatic N) is 1. The monoisotopic (exact) mass is 280 g/mol. The van der Waals surface area contributed by atoms with Gasteiger partial charge < -0.3 is 15.5 Å². The molecule has 92 valence electrons. The summed E-state index contributed by atoms with van der Waals surface area (Å²) < 4.78 is 0.885. The maximum Gasteiger partial charge on any atom is 0.352 e. The van der Waals surface area contributed by atoms with E-state index >= 15 is 0 Å². The number of thiazole rings is 1. The van der Waals surface area contributed by atoms with Crippen LogP contribution in [0.1, 0.15) is 10.4 Å². The van der Waals surface area contributed by atoms with Crippen molar-refractivity contribution in [2.24, 2.45) is 0 Å². The van der Waals surface area contributed by atoms with E-state index in [0.717, 1.165) is 15.2 Å². The summed E-state index contributed by atoms with van der Waals surface area (Å²) in [5.74, 6) is -0.766. The van der Waals surface area contributed by atoms with Crippen molar-refractivity contribution in [3.63, 3.8) is 0 Å². The molecule has 0 aliphatic carbocycles. The minimum Gasteiger partial charge on any atom is -0.508 e. The molecule has 2 heterocycles. The number of nitrogens with one attached hydrogen (secondary N) is 1. The number of benzene rings is 1. The van der Waals surface area contributed by atoms with Gasteiger partial charge in [-0.05, 0) is 18.2 Å². The Morgan fingerprint density at radius 1 is 1.44 bits per heavy atom. The Labute approximate surface area is 110 Å². The van der Waals surface area contributed by atoms with Gasteiger partial charge in [0.1, 0.15) is 21.8 Å². The highest BCUT2D eigenvalue weighted by Gasteiger charge is 2.25. The van der Waals surface area contributed by atoms with Crippen LogP contribution in [-0.2, 0) is 4.79 Å². The lowest BCUT2D eigenvalue weighted by Gasteiger charge is -2.06. The van der Waals surface area contributed by atoms with Crippen LogP contribution < -0.4 is 5.32 Å². The van der Waals surface area contributed by atoms with Crippen LogP contribution in [0, 0.1) is 0 Å². The maximum absolute atomic E-state index is 10.8. The molecule has 18 heavy (non-hydrogen) atoms. The molecule has 1 aromatic heterocycles. The van der Waals surface area contributed by atoms with Crippen LogP contribution in [-0.4, -0.2) is 21.2 Å². The van der Waals surface area contributed by atoms with Gasteiger partial charge in [-0.25, -0.2) is 9.78 Å². The first-order chi connectivity index (χ1) is 8.63. The molecular weight excluding hydrogens is 272 g/mol. The number of carboxylic acid groups (broad SMARTS) is 1. The SMILES string of the molecule is O=C(O)C1=CSC(c2nc3ccc(O)cc3s2)N1. The molecule has 0 spiro atoms. The number of aromatic hydroxyl groups is 1. The van der Waals surface area contributed by atoms with Gasteiger partial charge in [-0.2, -0.15) is 0 Å². The van der Waals surface area contributed by atoms with Gasteiger partial charge in [0.2, 0.25) is 0 Å². The van der Waals surface area contributed by atoms with Crippen LogP contribution in [0.15, 0.2) is 29.3 Å². The minimum atomic E-state index is -0.969. The minimum absolute atomic E-state index is 0.171. The van der Waals surface area contributed by atoms with Crippen LogP contribution in [0.3, 0.4) is 0 Å². The van der Waals surface area contributed by atoms with Crippen molar-refractivity contribution in [3.8, 4) is 5.75 Å². The summed E-state index contributed by atoms with van der Waals surface area (Å²) in [5, 5.41) is 23.4. The van der Waals surface area contributed by atoms with E-state index in [-0.39, 0.29) is 16.8 Å². The maximum atomic E-state index is 10.8. The zero-order chi connectivity index (χ0) is 12.7. The molecule has 0 amide bonds. The summed E-state index contributed by atoms with van der Waals surface area (Å²) in [5.41, 5.74) is 0.992. The summed E-state index contributed by atoms with van der Waals surface area (Å²) in [6.45, 7) is 0. The molecule has 5 nitrogen and oxygen atoms in total. The van der Waals surface area contributed by atoms with E-state index < -0.39 is 5.97 Å². The molecule has 3 N–H and O–H groups in total. The lowest BCUT2D eigenvalue weighted by molar-refractivity contribution is -0.133. The molecule has 3 rings (SSSR count). The Balaban J connectivity index is 1.90. The molecule has 1 unspecified atom stereocenters. The van der Waals surface area contributed by atoms with Gasteiger partial charge in [-0.15, -0.1) is 11.3 Å². The van der Waals surface area contributed by atoms with Crippen molar-refractivity contribution < 1.29 is 15.0 Å². The number of phenols is 1. The fourth-order valence-electron chi connectivity index (χ4n) is 1.62. The third kappa shape index (κ3) is 1.91. The first kappa shape index (κ1) is 11.4. The topological polar surface area (TPSA) is 82.5 Å². The van der Waals surface area contributed by atoms with Gasteiger partial charge >= 0.3 is 5.97 Å². The van der Waals surface area contributed by atoms with Crippen LogP contribution >= 0.6 is 23.1 Å². The molecule has 7 heteroatoms. The fourth-order valence-corrected chi connectivity index (χ4v) is 3.67. The fraction of sp³-hybridized carbons (Fsp3) is 0.0909. The highest BCUT2D eigenvalue weighted by molar-refractivity contribution is 8.02. The average Bonchev–Trinajstić information content (AvgIpc) is 2.93. The summed E-state index contributed by atoms with van der Waals surface area (Å²) in [6, 6.07) is 4.99. The van der Waals surface area contributed by atoms with Crippen LogP contribution in [0.25, 0.3) is 10.2 Å². The number of carbonyl (C=O) groups is 1. The Hall–Kier alpha value is -1.73. The Kier molecular flexibility index (Phi) is 2.64. The molecule has 2 aromatic rings. The summed E-state index contributed by atoms with van der Waals surface area (Å²) in [4.78, 5) is 15.2. The van der Waals surface area contributed by atoms with E-state index in [1.165, 1.54) is 23.1 Å². The van der Waals surface area contributed by atoms with Crippen molar-refractivity contribution in [2.45, 2.75) is 5.37 Å². The molecule has 0 saturated heterocycles. The number of hydrogen-bond donors (Lipinski definition) is 3.